The first-order valence-electron chi connectivity index (χ1n) is 13.4. The van der Waals surface area contributed by atoms with Crippen molar-refractivity contribution in [3.8, 4) is 23.0 Å². The molecule has 0 spiro atoms. The molecule has 1 fully saturated rings. The standard InChI is InChI=1S/C30H32ClFN6O/c1-18(34)4-2-5-19-14-24(28(32)25(31)15-19)27-16-21-17-38(30(39)37-29(21)36-27)23-10-8-20(9-11-23)26-7-3-6-22(35-26)12-13-33/h8-11,14-18,22,26,35H,2-7,12,34H2,1H3,(H,36,37,39)/t18-,22-,26-/m0/s1. The van der Waals surface area contributed by atoms with E-state index in [4.69, 9.17) is 22.6 Å². The number of nitrogens with one attached hydrogen (secondary N) is 2. The lowest BCUT2D eigenvalue weighted by atomic mass is 9.92. The summed E-state index contributed by atoms with van der Waals surface area (Å²) in [5.74, 6) is -0.515. The third-order valence-electron chi connectivity index (χ3n) is 7.40. The number of hydrogen-bond donors (Lipinski definition) is 3. The Morgan fingerprint density at radius 3 is 2.79 bits per heavy atom. The molecule has 1 aliphatic rings. The van der Waals surface area contributed by atoms with Crippen molar-refractivity contribution >= 4 is 22.6 Å². The van der Waals surface area contributed by atoms with Gasteiger partial charge in [-0.2, -0.15) is 10.2 Å². The zero-order valence-corrected chi connectivity index (χ0v) is 22.6. The number of H-pyrrole nitrogens is 1. The average molecular weight is 547 g/mol. The van der Waals surface area contributed by atoms with Gasteiger partial charge in [-0.3, -0.25) is 4.57 Å². The number of nitrogens with zero attached hydrogens (tertiary/aromatic N) is 3. The fourth-order valence-electron chi connectivity index (χ4n) is 5.36. The number of nitriles is 1. The van der Waals surface area contributed by atoms with Crippen molar-refractivity contribution in [1.29, 1.82) is 5.26 Å². The zero-order valence-electron chi connectivity index (χ0n) is 21.9. The third-order valence-corrected chi connectivity index (χ3v) is 7.68. The van der Waals surface area contributed by atoms with Crippen LogP contribution in [0.3, 0.4) is 0 Å². The van der Waals surface area contributed by atoms with Crippen LogP contribution in [0.1, 0.15) is 62.6 Å². The normalized spacial score (nSPS) is 18.2. The predicted octanol–water partition coefficient (Wildman–Crippen LogP) is 5.94. The van der Waals surface area contributed by atoms with Gasteiger partial charge in [0.2, 0.25) is 0 Å². The molecule has 3 heterocycles. The summed E-state index contributed by atoms with van der Waals surface area (Å²) in [4.78, 5) is 20.2. The Hall–Kier alpha value is -3.51. The summed E-state index contributed by atoms with van der Waals surface area (Å²) in [7, 11) is 0. The highest BCUT2D eigenvalue weighted by molar-refractivity contribution is 6.31. The minimum atomic E-state index is -0.515. The Kier molecular flexibility index (Phi) is 8.12. The smallest absolute Gasteiger partial charge is 0.339 e. The summed E-state index contributed by atoms with van der Waals surface area (Å²) in [6, 6.07) is 15.8. The number of halogens is 2. The van der Waals surface area contributed by atoms with Gasteiger partial charge >= 0.3 is 5.69 Å². The minimum Gasteiger partial charge on any atom is -0.339 e. The van der Waals surface area contributed by atoms with E-state index in [2.05, 4.69) is 21.4 Å². The minimum absolute atomic E-state index is 0.0565. The van der Waals surface area contributed by atoms with Gasteiger partial charge in [0.15, 0.2) is 5.82 Å². The molecule has 39 heavy (non-hydrogen) atoms. The molecule has 4 N–H and O–H groups in total. The molecule has 5 rings (SSSR count). The maximum Gasteiger partial charge on any atom is 0.354 e. The molecule has 9 heteroatoms. The Morgan fingerprint density at radius 1 is 1.26 bits per heavy atom. The van der Waals surface area contributed by atoms with Crippen LogP contribution in [0.5, 0.6) is 0 Å². The van der Waals surface area contributed by atoms with Gasteiger partial charge < -0.3 is 16.0 Å². The van der Waals surface area contributed by atoms with Crippen molar-refractivity contribution in [3.05, 3.63) is 81.1 Å². The second-order valence-electron chi connectivity index (χ2n) is 10.5. The van der Waals surface area contributed by atoms with E-state index in [1.807, 2.05) is 31.2 Å². The molecule has 0 amide bonds. The van der Waals surface area contributed by atoms with Crippen LogP contribution in [0.25, 0.3) is 28.0 Å². The van der Waals surface area contributed by atoms with Crippen molar-refractivity contribution < 1.29 is 4.39 Å². The number of benzene rings is 2. The van der Waals surface area contributed by atoms with Crippen LogP contribution in [0, 0.1) is 17.1 Å². The first-order valence-corrected chi connectivity index (χ1v) is 13.8. The van der Waals surface area contributed by atoms with Crippen molar-refractivity contribution in [3.63, 3.8) is 0 Å². The summed E-state index contributed by atoms with van der Waals surface area (Å²) < 4.78 is 16.5. The van der Waals surface area contributed by atoms with Crippen LogP contribution in [0.15, 0.2) is 53.5 Å². The van der Waals surface area contributed by atoms with E-state index in [1.165, 1.54) is 4.57 Å². The molecule has 0 aliphatic carbocycles. The van der Waals surface area contributed by atoms with Gasteiger partial charge in [0, 0.05) is 35.3 Å². The fraction of sp³-hybridized carbons (Fsp3) is 0.367. The number of piperidine rings is 1. The van der Waals surface area contributed by atoms with Crippen molar-refractivity contribution in [2.24, 2.45) is 5.73 Å². The molecule has 202 valence electrons. The molecular weight excluding hydrogens is 515 g/mol. The number of aromatic amines is 1. The van der Waals surface area contributed by atoms with E-state index in [-0.39, 0.29) is 23.1 Å². The SMILES string of the molecule is C[C@H](N)CCCc1cc(Cl)c(F)c(-c2cc3cn(-c4ccc([C@@H]5CCC[C@@H](CC#N)N5)cc4)c(=O)nc3[nH]2)c1. The van der Waals surface area contributed by atoms with Crippen LogP contribution in [0.2, 0.25) is 5.02 Å². The van der Waals surface area contributed by atoms with Crippen molar-refractivity contribution in [2.45, 2.75) is 70.0 Å². The van der Waals surface area contributed by atoms with Gasteiger partial charge in [-0.15, -0.1) is 0 Å². The third kappa shape index (κ3) is 6.06. The van der Waals surface area contributed by atoms with Crippen LogP contribution in [0.4, 0.5) is 4.39 Å². The maximum absolute atomic E-state index is 15.0. The van der Waals surface area contributed by atoms with E-state index in [0.717, 1.165) is 49.7 Å². The van der Waals surface area contributed by atoms with E-state index in [1.54, 1.807) is 24.4 Å². The second-order valence-corrected chi connectivity index (χ2v) is 10.9. The molecule has 0 saturated carbocycles. The molecule has 0 radical (unpaired) electrons. The van der Waals surface area contributed by atoms with Crippen molar-refractivity contribution in [1.82, 2.24) is 19.9 Å². The Bertz CT molecular complexity index is 1570. The highest BCUT2D eigenvalue weighted by Crippen LogP contribution is 2.32. The Morgan fingerprint density at radius 2 is 2.05 bits per heavy atom. The molecule has 3 atom stereocenters. The molecule has 1 saturated heterocycles. The largest absolute Gasteiger partial charge is 0.354 e. The van der Waals surface area contributed by atoms with Crippen molar-refractivity contribution in [2.75, 3.05) is 0 Å². The van der Waals surface area contributed by atoms with Crippen LogP contribution in [-0.2, 0) is 6.42 Å². The quantitative estimate of drug-likeness (QED) is 0.253. The van der Waals surface area contributed by atoms with Gasteiger partial charge in [0.25, 0.3) is 0 Å². The topological polar surface area (TPSA) is 113 Å². The van der Waals surface area contributed by atoms with E-state index >= 15 is 4.39 Å². The predicted molar refractivity (Wildman–Crippen MR) is 152 cm³/mol. The van der Waals surface area contributed by atoms with Gasteiger partial charge in [-0.05, 0) is 86.9 Å². The lowest BCUT2D eigenvalue weighted by molar-refractivity contribution is 0.328. The number of rotatable bonds is 8. The number of nitrogens with two attached hydrogens (primary N) is 1. The summed E-state index contributed by atoms with van der Waals surface area (Å²) in [6.07, 6.45) is 7.79. The molecule has 4 aromatic rings. The molecule has 0 bridgehead atoms. The fourth-order valence-corrected chi connectivity index (χ4v) is 5.60. The Labute approximate surface area is 231 Å². The van der Waals surface area contributed by atoms with Gasteiger partial charge in [-0.1, -0.05) is 23.7 Å². The van der Waals surface area contributed by atoms with Crippen LogP contribution >= 0.6 is 11.6 Å². The summed E-state index contributed by atoms with van der Waals surface area (Å²) in [6.45, 7) is 1.96. The van der Waals surface area contributed by atoms with E-state index in [0.29, 0.717) is 34.4 Å². The average Bonchev–Trinajstić information content (AvgIpc) is 3.33. The zero-order chi connectivity index (χ0) is 27.5. The lowest BCUT2D eigenvalue weighted by Crippen LogP contribution is -2.36. The van der Waals surface area contributed by atoms with Gasteiger partial charge in [-0.25, -0.2) is 9.18 Å². The molecule has 2 aromatic heterocycles. The first kappa shape index (κ1) is 27.1. The monoisotopic (exact) mass is 546 g/mol. The maximum atomic E-state index is 15.0. The van der Waals surface area contributed by atoms with E-state index < -0.39 is 11.5 Å². The van der Waals surface area contributed by atoms with Gasteiger partial charge in [0.1, 0.15) is 5.65 Å². The molecule has 0 unspecified atom stereocenters. The van der Waals surface area contributed by atoms with Crippen LogP contribution < -0.4 is 16.7 Å². The molecule has 2 aromatic carbocycles. The lowest BCUT2D eigenvalue weighted by Gasteiger charge is -2.30. The number of aryl methyl sites for hydroxylation is 1. The summed E-state index contributed by atoms with van der Waals surface area (Å²) in [5.41, 5.74) is 9.40. The molecule has 7 nitrogen and oxygen atoms in total. The molecular formula is C30H32ClFN6O. The second kappa shape index (κ2) is 11.7. The molecule has 1 aliphatic heterocycles. The first-order chi connectivity index (χ1) is 18.8. The number of aromatic nitrogens is 3. The number of fused-ring (bicyclic) bond motifs is 1. The highest BCUT2D eigenvalue weighted by atomic mass is 35.5. The summed E-state index contributed by atoms with van der Waals surface area (Å²) >= 11 is 6.23. The Balaban J connectivity index is 1.41. The highest BCUT2D eigenvalue weighted by Gasteiger charge is 2.22. The van der Waals surface area contributed by atoms with Crippen LogP contribution in [-0.4, -0.2) is 26.6 Å². The van der Waals surface area contributed by atoms with Gasteiger partial charge in [0.05, 0.1) is 28.9 Å². The number of hydrogen-bond acceptors (Lipinski definition) is 5. The van der Waals surface area contributed by atoms with E-state index in [9.17, 15) is 4.79 Å². The summed E-state index contributed by atoms with van der Waals surface area (Å²) in [5, 5.41) is 13.3.